The van der Waals surface area contributed by atoms with Crippen LogP contribution in [0.1, 0.15) is 18.2 Å². The normalized spacial score (nSPS) is 14.9. The highest BCUT2D eigenvalue weighted by Gasteiger charge is 2.19. The van der Waals surface area contributed by atoms with Gasteiger partial charge in [-0.15, -0.1) is 0 Å². The molecule has 0 atom stereocenters. The number of hydrogen-bond acceptors (Lipinski definition) is 2. The third-order valence-electron chi connectivity index (χ3n) is 3.65. The first-order chi connectivity index (χ1) is 9.70. The highest BCUT2D eigenvalue weighted by atomic mass is 79.9. The Morgan fingerprint density at radius 2 is 2.25 bits per heavy atom. The Morgan fingerprint density at radius 1 is 1.40 bits per heavy atom. The fourth-order valence-corrected chi connectivity index (χ4v) is 3.40. The standard InChI is InChI=1S/C15H16BrClN2O/c1-2-10-9-11(3-4-12(10)17)15-18-14(16)13-5-7-20-8-6-19(13)15/h3-4,9H,2,5-8H2,1H3. The zero-order chi connectivity index (χ0) is 14.1. The molecular formula is C15H16BrClN2O. The smallest absolute Gasteiger partial charge is 0.141 e. The quantitative estimate of drug-likeness (QED) is 0.811. The summed E-state index contributed by atoms with van der Waals surface area (Å²) in [5, 5.41) is 0.821. The van der Waals surface area contributed by atoms with Crippen molar-refractivity contribution in [3.05, 3.63) is 39.1 Å². The van der Waals surface area contributed by atoms with Gasteiger partial charge < -0.3 is 9.30 Å². The van der Waals surface area contributed by atoms with Crippen molar-refractivity contribution in [2.24, 2.45) is 0 Å². The Bertz CT molecular complexity index is 639. The van der Waals surface area contributed by atoms with Crippen LogP contribution >= 0.6 is 27.5 Å². The second-order valence-corrected chi connectivity index (χ2v) is 6.01. The van der Waals surface area contributed by atoms with Crippen molar-refractivity contribution in [2.45, 2.75) is 26.3 Å². The lowest BCUT2D eigenvalue weighted by atomic mass is 10.1. The second-order valence-electron chi connectivity index (χ2n) is 4.85. The number of aryl methyl sites for hydroxylation is 1. The van der Waals surface area contributed by atoms with Gasteiger partial charge in [0.05, 0.1) is 18.9 Å². The van der Waals surface area contributed by atoms with E-state index in [1.165, 1.54) is 5.69 Å². The fraction of sp³-hybridized carbons (Fsp3) is 0.400. The maximum absolute atomic E-state index is 6.20. The maximum atomic E-state index is 6.20. The summed E-state index contributed by atoms with van der Waals surface area (Å²) >= 11 is 9.77. The number of benzene rings is 1. The van der Waals surface area contributed by atoms with Crippen molar-refractivity contribution in [3.63, 3.8) is 0 Å². The van der Waals surface area contributed by atoms with E-state index in [-0.39, 0.29) is 0 Å². The largest absolute Gasteiger partial charge is 0.379 e. The van der Waals surface area contributed by atoms with E-state index in [1.807, 2.05) is 12.1 Å². The molecule has 2 heterocycles. The average molecular weight is 356 g/mol. The molecule has 3 rings (SSSR count). The minimum Gasteiger partial charge on any atom is -0.379 e. The van der Waals surface area contributed by atoms with E-state index in [0.29, 0.717) is 0 Å². The third kappa shape index (κ3) is 2.52. The Morgan fingerprint density at radius 3 is 3.05 bits per heavy atom. The molecule has 0 spiro atoms. The predicted octanol–water partition coefficient (Wildman–Crippen LogP) is 4.10. The molecule has 0 unspecified atom stereocenters. The van der Waals surface area contributed by atoms with Gasteiger partial charge >= 0.3 is 0 Å². The lowest BCUT2D eigenvalue weighted by Crippen LogP contribution is -2.05. The van der Waals surface area contributed by atoms with Crippen LogP contribution in [-0.2, 0) is 24.1 Å². The number of hydrogen-bond donors (Lipinski definition) is 0. The van der Waals surface area contributed by atoms with Crippen LogP contribution < -0.4 is 0 Å². The Balaban J connectivity index is 2.10. The molecule has 20 heavy (non-hydrogen) atoms. The van der Waals surface area contributed by atoms with Gasteiger partial charge in [0.1, 0.15) is 10.4 Å². The molecule has 0 N–H and O–H groups in total. The maximum Gasteiger partial charge on any atom is 0.141 e. The molecule has 0 saturated carbocycles. The van der Waals surface area contributed by atoms with Gasteiger partial charge in [-0.05, 0) is 46.1 Å². The summed E-state index contributed by atoms with van der Waals surface area (Å²) in [5.41, 5.74) is 3.48. The van der Waals surface area contributed by atoms with Crippen molar-refractivity contribution >= 4 is 27.5 Å². The van der Waals surface area contributed by atoms with Crippen molar-refractivity contribution in [1.29, 1.82) is 0 Å². The first-order valence-electron chi connectivity index (χ1n) is 6.82. The lowest BCUT2D eigenvalue weighted by Gasteiger charge is -2.10. The van der Waals surface area contributed by atoms with Crippen LogP contribution in [0.25, 0.3) is 11.4 Å². The summed E-state index contributed by atoms with van der Waals surface area (Å²) in [5.74, 6) is 0.990. The van der Waals surface area contributed by atoms with Crippen LogP contribution in [0.2, 0.25) is 5.02 Å². The molecule has 3 nitrogen and oxygen atoms in total. The van der Waals surface area contributed by atoms with Crippen LogP contribution in [0.3, 0.4) is 0 Å². The summed E-state index contributed by atoms with van der Waals surface area (Å²) in [6, 6.07) is 6.13. The zero-order valence-corrected chi connectivity index (χ0v) is 13.7. The first-order valence-corrected chi connectivity index (χ1v) is 7.99. The number of halogens is 2. The van der Waals surface area contributed by atoms with E-state index < -0.39 is 0 Å². The first kappa shape index (κ1) is 14.1. The van der Waals surface area contributed by atoms with Gasteiger partial charge in [0, 0.05) is 23.6 Å². The number of fused-ring (bicyclic) bond motifs is 1. The van der Waals surface area contributed by atoms with Gasteiger partial charge in [0.2, 0.25) is 0 Å². The molecule has 2 aromatic rings. The minimum atomic E-state index is 0.733. The summed E-state index contributed by atoms with van der Waals surface area (Å²) < 4.78 is 8.73. The molecule has 0 bridgehead atoms. The van der Waals surface area contributed by atoms with Gasteiger partial charge in [0.15, 0.2) is 0 Å². The third-order valence-corrected chi connectivity index (χ3v) is 4.65. The van der Waals surface area contributed by atoms with Gasteiger partial charge in [0.25, 0.3) is 0 Å². The number of nitrogens with zero attached hydrogens (tertiary/aromatic N) is 2. The van der Waals surface area contributed by atoms with Crippen LogP contribution in [0.5, 0.6) is 0 Å². The molecular weight excluding hydrogens is 340 g/mol. The van der Waals surface area contributed by atoms with Gasteiger partial charge in [-0.3, -0.25) is 0 Å². The molecule has 1 aliphatic heterocycles. The predicted molar refractivity (Wildman–Crippen MR) is 84.3 cm³/mol. The van der Waals surface area contributed by atoms with Crippen LogP contribution in [0.4, 0.5) is 0 Å². The Labute approximate surface area is 132 Å². The number of ether oxygens (including phenoxy) is 1. The molecule has 5 heteroatoms. The number of imidazole rings is 1. The van der Waals surface area contributed by atoms with E-state index in [0.717, 1.165) is 59.2 Å². The second kappa shape index (κ2) is 5.88. The average Bonchev–Trinajstić information content (AvgIpc) is 2.65. The van der Waals surface area contributed by atoms with E-state index in [9.17, 15) is 0 Å². The zero-order valence-electron chi connectivity index (χ0n) is 11.3. The Kier molecular flexibility index (Phi) is 4.15. The molecule has 0 aliphatic carbocycles. The number of aromatic nitrogens is 2. The molecule has 0 radical (unpaired) electrons. The monoisotopic (exact) mass is 354 g/mol. The van der Waals surface area contributed by atoms with Gasteiger partial charge in [-0.1, -0.05) is 18.5 Å². The molecule has 1 aromatic carbocycles. The highest BCUT2D eigenvalue weighted by molar-refractivity contribution is 9.10. The van der Waals surface area contributed by atoms with Crippen LogP contribution in [0, 0.1) is 0 Å². The van der Waals surface area contributed by atoms with E-state index >= 15 is 0 Å². The van der Waals surface area contributed by atoms with E-state index in [4.69, 9.17) is 21.3 Å². The summed E-state index contributed by atoms with van der Waals surface area (Å²) in [6.07, 6.45) is 1.81. The van der Waals surface area contributed by atoms with Crippen molar-refractivity contribution < 1.29 is 4.74 Å². The Hall–Kier alpha value is -0.840. The summed E-state index contributed by atoms with van der Waals surface area (Å²) in [6.45, 7) is 4.44. The molecule has 0 fully saturated rings. The summed E-state index contributed by atoms with van der Waals surface area (Å²) in [4.78, 5) is 4.69. The van der Waals surface area contributed by atoms with Crippen molar-refractivity contribution in [3.8, 4) is 11.4 Å². The van der Waals surface area contributed by atoms with Crippen LogP contribution in [0.15, 0.2) is 22.8 Å². The molecule has 1 aromatic heterocycles. The van der Waals surface area contributed by atoms with E-state index in [1.54, 1.807) is 0 Å². The molecule has 106 valence electrons. The fourth-order valence-electron chi connectivity index (χ4n) is 2.57. The van der Waals surface area contributed by atoms with E-state index in [2.05, 4.69) is 33.5 Å². The van der Waals surface area contributed by atoms with Crippen molar-refractivity contribution in [1.82, 2.24) is 9.55 Å². The molecule has 0 amide bonds. The van der Waals surface area contributed by atoms with Gasteiger partial charge in [-0.25, -0.2) is 4.98 Å². The molecule has 1 aliphatic rings. The topological polar surface area (TPSA) is 27.1 Å². The number of rotatable bonds is 2. The highest BCUT2D eigenvalue weighted by Crippen LogP contribution is 2.30. The minimum absolute atomic E-state index is 0.733. The van der Waals surface area contributed by atoms with Gasteiger partial charge in [-0.2, -0.15) is 0 Å². The lowest BCUT2D eigenvalue weighted by molar-refractivity contribution is 0.140. The molecule has 0 saturated heterocycles. The summed E-state index contributed by atoms with van der Waals surface area (Å²) in [7, 11) is 0. The van der Waals surface area contributed by atoms with Crippen LogP contribution in [-0.4, -0.2) is 22.8 Å². The SMILES string of the molecule is CCc1cc(-c2nc(Br)c3n2CCOCC3)ccc1Cl. The van der Waals surface area contributed by atoms with Crippen molar-refractivity contribution in [2.75, 3.05) is 13.2 Å².